The lowest BCUT2D eigenvalue weighted by Gasteiger charge is -2.22. The van der Waals surface area contributed by atoms with Crippen LogP contribution in [0.4, 0.5) is 0 Å². The Morgan fingerprint density at radius 2 is 1.39 bits per heavy atom. The third kappa shape index (κ3) is 3.75. The quantitative estimate of drug-likeness (QED) is 0.635. The maximum absolute atomic E-state index is 11.0. The molecule has 0 saturated carbocycles. The standard InChI is InChI=1S/C25H23NO2/c1-18(19-11-5-2-6-12-19)17-22(27)24-23(20-13-7-3-8-14-20)25(28-26-24)21-15-9-4-10-16-21/h2-16,22-23,25,27H,1,17H2/t22-,23+,25-/m1/s1. The van der Waals surface area contributed by atoms with Gasteiger partial charge in [-0.3, -0.25) is 0 Å². The Bertz CT molecular complexity index is 952. The number of benzene rings is 3. The van der Waals surface area contributed by atoms with Gasteiger partial charge in [0.2, 0.25) is 0 Å². The number of aliphatic hydroxyl groups excluding tert-OH is 1. The first-order valence-electron chi connectivity index (χ1n) is 9.49. The second kappa shape index (κ2) is 8.24. The summed E-state index contributed by atoms with van der Waals surface area (Å²) < 4.78 is 0. The van der Waals surface area contributed by atoms with E-state index in [1.165, 1.54) is 0 Å². The number of oxime groups is 1. The van der Waals surface area contributed by atoms with E-state index in [-0.39, 0.29) is 12.0 Å². The lowest BCUT2D eigenvalue weighted by Crippen LogP contribution is -2.27. The predicted molar refractivity (Wildman–Crippen MR) is 113 cm³/mol. The number of hydrogen-bond donors (Lipinski definition) is 1. The molecular formula is C25H23NO2. The van der Waals surface area contributed by atoms with Gasteiger partial charge in [-0.15, -0.1) is 0 Å². The van der Waals surface area contributed by atoms with Crippen molar-refractivity contribution in [3.05, 3.63) is 114 Å². The summed E-state index contributed by atoms with van der Waals surface area (Å²) in [5, 5.41) is 15.3. The Morgan fingerprint density at radius 3 is 2.00 bits per heavy atom. The summed E-state index contributed by atoms with van der Waals surface area (Å²) in [6.45, 7) is 4.16. The maximum atomic E-state index is 11.0. The van der Waals surface area contributed by atoms with Crippen molar-refractivity contribution < 1.29 is 9.94 Å². The van der Waals surface area contributed by atoms with Crippen LogP contribution >= 0.6 is 0 Å². The third-order valence-corrected chi connectivity index (χ3v) is 5.14. The zero-order chi connectivity index (χ0) is 19.3. The smallest absolute Gasteiger partial charge is 0.164 e. The normalized spacial score (nSPS) is 19.5. The molecule has 0 spiro atoms. The van der Waals surface area contributed by atoms with Gasteiger partial charge in [0, 0.05) is 6.42 Å². The van der Waals surface area contributed by atoms with E-state index >= 15 is 0 Å². The summed E-state index contributed by atoms with van der Waals surface area (Å²) in [4.78, 5) is 5.83. The minimum Gasteiger partial charge on any atom is -0.387 e. The molecule has 3 nitrogen and oxygen atoms in total. The van der Waals surface area contributed by atoms with E-state index in [0.717, 1.165) is 22.3 Å². The molecule has 0 aliphatic carbocycles. The molecule has 3 aromatic carbocycles. The van der Waals surface area contributed by atoms with Crippen molar-refractivity contribution in [2.75, 3.05) is 0 Å². The average Bonchev–Trinajstić information content (AvgIpc) is 3.21. The van der Waals surface area contributed by atoms with Crippen LogP contribution < -0.4 is 0 Å². The van der Waals surface area contributed by atoms with Crippen molar-refractivity contribution >= 4 is 11.3 Å². The van der Waals surface area contributed by atoms with E-state index in [1.54, 1.807) is 0 Å². The summed E-state index contributed by atoms with van der Waals surface area (Å²) in [5.41, 5.74) is 4.68. The van der Waals surface area contributed by atoms with E-state index in [2.05, 4.69) is 23.9 Å². The summed E-state index contributed by atoms with van der Waals surface area (Å²) in [5.74, 6) is -0.137. The van der Waals surface area contributed by atoms with Gasteiger partial charge in [-0.1, -0.05) is 103 Å². The van der Waals surface area contributed by atoms with Crippen LogP contribution in [0.2, 0.25) is 0 Å². The summed E-state index contributed by atoms with van der Waals surface area (Å²) >= 11 is 0. The van der Waals surface area contributed by atoms with Crippen molar-refractivity contribution in [3.63, 3.8) is 0 Å². The Morgan fingerprint density at radius 1 is 0.857 bits per heavy atom. The highest BCUT2D eigenvalue weighted by Gasteiger charge is 2.39. The van der Waals surface area contributed by atoms with Gasteiger partial charge in [0.1, 0.15) is 6.10 Å². The van der Waals surface area contributed by atoms with Crippen molar-refractivity contribution in [2.24, 2.45) is 5.16 Å². The molecule has 3 heteroatoms. The molecule has 4 rings (SSSR count). The highest BCUT2D eigenvalue weighted by molar-refractivity contribution is 5.97. The van der Waals surface area contributed by atoms with Gasteiger partial charge in [0.15, 0.2) is 6.10 Å². The van der Waals surface area contributed by atoms with Crippen LogP contribution in [0.1, 0.15) is 35.1 Å². The van der Waals surface area contributed by atoms with Gasteiger partial charge in [0.05, 0.1) is 11.6 Å². The molecule has 1 aliphatic rings. The number of rotatable bonds is 6. The van der Waals surface area contributed by atoms with E-state index in [0.29, 0.717) is 12.1 Å². The molecule has 3 aromatic rings. The second-order valence-electron chi connectivity index (χ2n) is 7.03. The number of nitrogens with zero attached hydrogens (tertiary/aromatic N) is 1. The van der Waals surface area contributed by atoms with E-state index < -0.39 is 6.10 Å². The van der Waals surface area contributed by atoms with E-state index in [1.807, 2.05) is 78.9 Å². The number of aliphatic hydroxyl groups is 1. The molecule has 1 aliphatic heterocycles. The van der Waals surface area contributed by atoms with Crippen LogP contribution in [0.15, 0.2) is 103 Å². The summed E-state index contributed by atoms with van der Waals surface area (Å²) in [6, 6.07) is 30.1. The van der Waals surface area contributed by atoms with Gasteiger partial charge in [-0.05, 0) is 22.3 Å². The summed E-state index contributed by atoms with van der Waals surface area (Å²) in [6.07, 6.45) is -0.596. The van der Waals surface area contributed by atoms with Crippen LogP contribution in [0.3, 0.4) is 0 Å². The van der Waals surface area contributed by atoms with Gasteiger partial charge in [0.25, 0.3) is 0 Å². The molecule has 0 fully saturated rings. The Kier molecular flexibility index (Phi) is 5.36. The van der Waals surface area contributed by atoms with Crippen LogP contribution in [0.5, 0.6) is 0 Å². The SMILES string of the molecule is C=C(C[C@@H](O)C1=NO[C@H](c2ccccc2)[C@H]1c1ccccc1)c1ccccc1. The van der Waals surface area contributed by atoms with Crippen LogP contribution in [0, 0.1) is 0 Å². The Balaban J connectivity index is 1.61. The monoisotopic (exact) mass is 369 g/mol. The van der Waals surface area contributed by atoms with E-state index in [4.69, 9.17) is 4.84 Å². The molecule has 1 heterocycles. The molecule has 0 aromatic heterocycles. The molecule has 0 unspecified atom stereocenters. The highest BCUT2D eigenvalue weighted by atomic mass is 16.6. The van der Waals surface area contributed by atoms with Gasteiger partial charge in [-0.2, -0.15) is 0 Å². The van der Waals surface area contributed by atoms with Crippen molar-refractivity contribution in [1.29, 1.82) is 0 Å². The Hall–Kier alpha value is -3.17. The molecular weight excluding hydrogens is 346 g/mol. The largest absolute Gasteiger partial charge is 0.387 e. The van der Waals surface area contributed by atoms with Crippen molar-refractivity contribution in [1.82, 2.24) is 0 Å². The molecule has 28 heavy (non-hydrogen) atoms. The van der Waals surface area contributed by atoms with Gasteiger partial charge < -0.3 is 9.94 Å². The molecule has 0 bridgehead atoms. The first-order valence-corrected chi connectivity index (χ1v) is 9.49. The molecule has 140 valence electrons. The topological polar surface area (TPSA) is 41.8 Å². The fourth-order valence-corrected chi connectivity index (χ4v) is 3.69. The van der Waals surface area contributed by atoms with Crippen LogP contribution in [-0.4, -0.2) is 16.9 Å². The third-order valence-electron chi connectivity index (χ3n) is 5.14. The fraction of sp³-hybridized carbons (Fsp3) is 0.160. The predicted octanol–water partition coefficient (Wildman–Crippen LogP) is 5.36. The first-order chi connectivity index (χ1) is 13.7. The van der Waals surface area contributed by atoms with Gasteiger partial charge in [-0.25, -0.2) is 0 Å². The molecule has 0 saturated heterocycles. The van der Waals surface area contributed by atoms with E-state index in [9.17, 15) is 5.11 Å². The minimum atomic E-state index is -0.758. The molecule has 0 amide bonds. The summed E-state index contributed by atoms with van der Waals surface area (Å²) in [7, 11) is 0. The lowest BCUT2D eigenvalue weighted by molar-refractivity contribution is 0.0762. The van der Waals surface area contributed by atoms with Crippen LogP contribution in [-0.2, 0) is 4.84 Å². The first kappa shape index (κ1) is 18.2. The molecule has 3 atom stereocenters. The maximum Gasteiger partial charge on any atom is 0.164 e. The second-order valence-corrected chi connectivity index (χ2v) is 7.03. The molecule has 0 radical (unpaired) electrons. The average molecular weight is 369 g/mol. The Labute approximate surface area is 165 Å². The van der Waals surface area contributed by atoms with Gasteiger partial charge >= 0.3 is 0 Å². The highest BCUT2D eigenvalue weighted by Crippen LogP contribution is 2.41. The minimum absolute atomic E-state index is 0.137. The van der Waals surface area contributed by atoms with Crippen molar-refractivity contribution in [2.45, 2.75) is 24.5 Å². The van der Waals surface area contributed by atoms with Crippen LogP contribution in [0.25, 0.3) is 5.57 Å². The molecule has 1 N–H and O–H groups in total. The fourth-order valence-electron chi connectivity index (χ4n) is 3.69. The van der Waals surface area contributed by atoms with Crippen molar-refractivity contribution in [3.8, 4) is 0 Å². The lowest BCUT2D eigenvalue weighted by atomic mass is 9.82. The zero-order valence-corrected chi connectivity index (χ0v) is 15.6. The number of hydrogen-bond acceptors (Lipinski definition) is 3. The zero-order valence-electron chi connectivity index (χ0n) is 15.6.